The molecule has 0 aliphatic heterocycles. The molecule has 0 saturated carbocycles. The summed E-state index contributed by atoms with van der Waals surface area (Å²) in [7, 11) is 0.0456. The second-order valence-electron chi connectivity index (χ2n) is 6.02. The SMILES string of the molecule is Cn1ccnc1[P+](c1ccccc1)(c1ccccc1)c1ccccc1. The summed E-state index contributed by atoms with van der Waals surface area (Å²) in [5.74, 6) is 0. The summed E-state index contributed by atoms with van der Waals surface area (Å²) >= 11 is 0. The third-order valence-corrected chi connectivity index (χ3v) is 8.78. The van der Waals surface area contributed by atoms with Crippen molar-refractivity contribution in [3.63, 3.8) is 0 Å². The fourth-order valence-electron chi connectivity index (χ4n) is 3.43. The van der Waals surface area contributed by atoms with Crippen molar-refractivity contribution >= 4 is 28.7 Å². The zero-order valence-corrected chi connectivity index (χ0v) is 15.1. The predicted octanol–water partition coefficient (Wildman–Crippen LogP) is 3.04. The molecule has 3 heteroatoms. The van der Waals surface area contributed by atoms with E-state index in [9.17, 15) is 0 Å². The van der Waals surface area contributed by atoms with Crippen LogP contribution in [-0.4, -0.2) is 9.55 Å². The average Bonchev–Trinajstić information content (AvgIpc) is 3.12. The molecule has 0 saturated heterocycles. The Balaban J connectivity index is 2.15. The topological polar surface area (TPSA) is 17.8 Å². The first-order chi connectivity index (χ1) is 12.3. The van der Waals surface area contributed by atoms with Crippen molar-refractivity contribution < 1.29 is 0 Å². The molecule has 0 fully saturated rings. The Hall–Kier alpha value is -2.70. The van der Waals surface area contributed by atoms with Gasteiger partial charge in [0, 0.05) is 19.4 Å². The van der Waals surface area contributed by atoms with Gasteiger partial charge >= 0.3 is 0 Å². The molecule has 4 rings (SSSR count). The van der Waals surface area contributed by atoms with Crippen molar-refractivity contribution in [1.82, 2.24) is 9.55 Å². The zero-order valence-electron chi connectivity index (χ0n) is 14.2. The maximum absolute atomic E-state index is 4.83. The van der Waals surface area contributed by atoms with Gasteiger partial charge in [-0.2, -0.15) is 0 Å². The van der Waals surface area contributed by atoms with Crippen molar-refractivity contribution in [3.8, 4) is 0 Å². The first-order valence-corrected chi connectivity index (χ1v) is 10.2. The van der Waals surface area contributed by atoms with Crippen LogP contribution in [0.25, 0.3) is 0 Å². The molecule has 25 heavy (non-hydrogen) atoms. The van der Waals surface area contributed by atoms with Gasteiger partial charge < -0.3 is 4.57 Å². The highest BCUT2D eigenvalue weighted by Crippen LogP contribution is 2.53. The van der Waals surface area contributed by atoms with Crippen LogP contribution in [0.5, 0.6) is 0 Å². The summed E-state index contributed by atoms with van der Waals surface area (Å²) in [6, 6.07) is 32.4. The molecule has 0 radical (unpaired) electrons. The maximum Gasteiger partial charge on any atom is 0.272 e. The van der Waals surface area contributed by atoms with E-state index < -0.39 is 7.26 Å². The van der Waals surface area contributed by atoms with Crippen LogP contribution >= 0.6 is 7.26 Å². The Morgan fingerprint density at radius 1 is 0.640 bits per heavy atom. The molecule has 0 aliphatic rings. The van der Waals surface area contributed by atoms with Crippen molar-refractivity contribution in [2.45, 2.75) is 0 Å². The van der Waals surface area contributed by atoms with E-state index >= 15 is 0 Å². The number of benzene rings is 3. The highest BCUT2D eigenvalue weighted by atomic mass is 31.2. The third kappa shape index (κ3) is 2.59. The fourth-order valence-corrected chi connectivity index (χ4v) is 7.65. The summed E-state index contributed by atoms with van der Waals surface area (Å²) in [4.78, 5) is 4.83. The van der Waals surface area contributed by atoms with Gasteiger partial charge in [0.1, 0.15) is 15.9 Å². The first-order valence-electron chi connectivity index (χ1n) is 8.37. The maximum atomic E-state index is 4.83. The third-order valence-electron chi connectivity index (χ3n) is 4.53. The molecular formula is C22H20N2P+. The number of nitrogens with zero attached hydrogens (tertiary/aromatic N) is 2. The van der Waals surface area contributed by atoms with Crippen molar-refractivity contribution in [2.24, 2.45) is 7.05 Å². The smallest absolute Gasteiger partial charge is 0.272 e. The normalized spacial score (nSPS) is 11.4. The van der Waals surface area contributed by atoms with Crippen molar-refractivity contribution in [1.29, 1.82) is 0 Å². The standard InChI is InChI=1S/C22H20N2P/c1-24-18-17-23-22(24)25(19-11-5-2-6-12-19,20-13-7-3-8-14-20)21-15-9-4-10-16-21/h2-18H,1H3/q+1. The Labute approximate surface area is 149 Å². The summed E-state index contributed by atoms with van der Waals surface area (Å²) in [5.41, 5.74) is 1.12. The van der Waals surface area contributed by atoms with Crippen molar-refractivity contribution in [2.75, 3.05) is 0 Å². The summed E-state index contributed by atoms with van der Waals surface area (Å²) in [6.45, 7) is 0. The largest absolute Gasteiger partial charge is 0.304 e. The predicted molar refractivity (Wildman–Crippen MR) is 108 cm³/mol. The van der Waals surface area contributed by atoms with E-state index in [1.165, 1.54) is 15.9 Å². The number of aryl methyl sites for hydroxylation is 1. The molecule has 0 unspecified atom stereocenters. The van der Waals surface area contributed by atoms with Gasteiger partial charge in [-0.15, -0.1) is 0 Å². The Morgan fingerprint density at radius 3 is 1.36 bits per heavy atom. The highest BCUT2D eigenvalue weighted by molar-refractivity contribution is 8.01. The second-order valence-corrected chi connectivity index (χ2v) is 9.31. The van der Waals surface area contributed by atoms with E-state index in [2.05, 4.69) is 103 Å². The second kappa shape index (κ2) is 6.66. The lowest BCUT2D eigenvalue weighted by molar-refractivity contribution is 0.951. The van der Waals surface area contributed by atoms with Crippen molar-refractivity contribution in [3.05, 3.63) is 103 Å². The molecule has 0 atom stereocenters. The van der Waals surface area contributed by atoms with Crippen LogP contribution < -0.4 is 21.5 Å². The molecule has 0 aliphatic carbocycles. The molecule has 1 aromatic heterocycles. The summed E-state index contributed by atoms with van der Waals surface area (Å²) in [5, 5.41) is 3.96. The van der Waals surface area contributed by atoms with Crippen LogP contribution in [0.3, 0.4) is 0 Å². The van der Waals surface area contributed by atoms with Gasteiger partial charge in [0.2, 0.25) is 0 Å². The van der Waals surface area contributed by atoms with Crippen LogP contribution in [0.15, 0.2) is 103 Å². The van der Waals surface area contributed by atoms with Gasteiger partial charge in [-0.1, -0.05) is 54.6 Å². The molecular weight excluding hydrogens is 323 g/mol. The van der Waals surface area contributed by atoms with E-state index in [4.69, 9.17) is 4.98 Å². The van der Waals surface area contributed by atoms with Gasteiger partial charge in [0.15, 0.2) is 7.26 Å². The monoisotopic (exact) mass is 343 g/mol. The number of aromatic nitrogens is 2. The molecule has 3 aromatic carbocycles. The van der Waals surface area contributed by atoms with Gasteiger partial charge in [-0.25, -0.2) is 4.98 Å². The minimum atomic E-state index is -2.04. The molecule has 0 amide bonds. The van der Waals surface area contributed by atoms with Crippen LogP contribution in [-0.2, 0) is 7.05 Å². The average molecular weight is 343 g/mol. The summed E-state index contributed by atoms with van der Waals surface area (Å²) < 4.78 is 2.17. The molecule has 0 spiro atoms. The van der Waals surface area contributed by atoms with E-state index in [1.54, 1.807) is 0 Å². The Bertz CT molecular complexity index is 850. The molecule has 4 aromatic rings. The van der Waals surface area contributed by atoms with Gasteiger partial charge in [0.25, 0.3) is 5.57 Å². The van der Waals surface area contributed by atoms with Crippen LogP contribution in [0.4, 0.5) is 0 Å². The van der Waals surface area contributed by atoms with Crippen LogP contribution in [0, 0.1) is 0 Å². The minimum absolute atomic E-state index is 1.12. The van der Waals surface area contributed by atoms with Gasteiger partial charge in [-0.3, -0.25) is 0 Å². The van der Waals surface area contributed by atoms with Gasteiger partial charge in [-0.05, 0) is 36.4 Å². The number of hydrogen-bond acceptors (Lipinski definition) is 1. The Morgan fingerprint density at radius 2 is 1.04 bits per heavy atom. The molecule has 0 N–H and O–H groups in total. The molecule has 1 heterocycles. The van der Waals surface area contributed by atoms with E-state index in [0.717, 1.165) is 5.57 Å². The molecule has 122 valence electrons. The highest BCUT2D eigenvalue weighted by Gasteiger charge is 2.51. The molecule has 2 nitrogen and oxygen atoms in total. The lowest BCUT2D eigenvalue weighted by atomic mass is 10.4. The Kier molecular flexibility index (Phi) is 4.21. The number of rotatable bonds is 4. The van der Waals surface area contributed by atoms with Crippen LogP contribution in [0.2, 0.25) is 0 Å². The molecule has 0 bridgehead atoms. The van der Waals surface area contributed by atoms with E-state index in [0.29, 0.717) is 0 Å². The van der Waals surface area contributed by atoms with E-state index in [-0.39, 0.29) is 0 Å². The minimum Gasteiger partial charge on any atom is -0.304 e. The fraction of sp³-hybridized carbons (Fsp3) is 0.0455. The summed E-state index contributed by atoms with van der Waals surface area (Å²) in [6.07, 6.45) is 3.94. The van der Waals surface area contributed by atoms with E-state index in [1.807, 2.05) is 12.4 Å². The quantitative estimate of drug-likeness (QED) is 0.521. The van der Waals surface area contributed by atoms with Gasteiger partial charge in [0.05, 0.1) is 0 Å². The first kappa shape index (κ1) is 15.8. The number of imidazole rings is 1. The lowest BCUT2D eigenvalue weighted by Crippen LogP contribution is -2.42. The van der Waals surface area contributed by atoms with Crippen LogP contribution in [0.1, 0.15) is 0 Å². The number of hydrogen-bond donors (Lipinski definition) is 0. The zero-order chi connectivity index (χ0) is 17.1. The lowest BCUT2D eigenvalue weighted by Gasteiger charge is -2.26.